The van der Waals surface area contributed by atoms with Gasteiger partial charge in [0.25, 0.3) is 27.9 Å². The fraction of sp³-hybridized carbons (Fsp3) is 1.00. The van der Waals surface area contributed by atoms with Crippen molar-refractivity contribution in [2.45, 2.75) is 116 Å². The molecule has 1 heterocycles. The van der Waals surface area contributed by atoms with Crippen molar-refractivity contribution < 1.29 is 28.8 Å². The predicted molar refractivity (Wildman–Crippen MR) is 158 cm³/mol. The molecule has 0 aliphatic carbocycles. The third-order valence-electron chi connectivity index (χ3n) is 5.11. The van der Waals surface area contributed by atoms with Gasteiger partial charge in [-0.3, -0.25) is 0 Å². The lowest BCUT2D eigenvalue weighted by Gasteiger charge is -2.39. The minimum atomic E-state index is -2.23. The van der Waals surface area contributed by atoms with Gasteiger partial charge < -0.3 is 28.8 Å². The number of hydrogen-bond acceptors (Lipinski definition) is 7. The highest BCUT2D eigenvalue weighted by atomic mass is 28.5. The Hall–Kier alpha value is 1.46. The average Bonchev–Trinajstić information content (AvgIpc) is 2.52. The molecule has 1 saturated heterocycles. The largest absolute Gasteiger partial charge is 0.439 e. The topological polar surface area (TPSA) is 64.6 Å². The molecule has 0 aromatic carbocycles. The molecule has 0 aromatic rings. The Morgan fingerprint density at radius 2 is 1.27 bits per heavy atom. The van der Waals surface area contributed by atoms with E-state index < -0.39 is 70.9 Å². The van der Waals surface area contributed by atoms with Crippen molar-refractivity contribution >= 4 is 70.9 Å². The third-order valence-corrected chi connectivity index (χ3v) is 32.4. The van der Waals surface area contributed by atoms with Gasteiger partial charge in [0, 0.05) is 0 Å². The Morgan fingerprint density at radius 1 is 0.758 bits per heavy atom. The van der Waals surface area contributed by atoms with E-state index in [1.807, 2.05) is 0 Å². The van der Waals surface area contributed by atoms with Gasteiger partial charge in [0.2, 0.25) is 0 Å². The lowest BCUT2D eigenvalue weighted by atomic mass is 10.2. The molecule has 1 rings (SSSR count). The van der Waals surface area contributed by atoms with Crippen LogP contribution in [0, 0.1) is 0 Å². The van der Waals surface area contributed by atoms with Crippen LogP contribution in [0.1, 0.15) is 25.7 Å². The molecular formula is C18H52O7Si8. The quantitative estimate of drug-likeness (QED) is 0.219. The van der Waals surface area contributed by atoms with Crippen molar-refractivity contribution in [2.24, 2.45) is 0 Å². The van der Waals surface area contributed by atoms with Gasteiger partial charge in [0.15, 0.2) is 17.4 Å². The third kappa shape index (κ3) is 14.7. The highest BCUT2D eigenvalue weighted by Gasteiger charge is 2.42. The van der Waals surface area contributed by atoms with Crippen LogP contribution in [-0.2, 0) is 28.8 Å². The molecule has 1 aliphatic rings. The van der Waals surface area contributed by atoms with Gasteiger partial charge >= 0.3 is 25.7 Å². The minimum absolute atomic E-state index is 1.02. The van der Waals surface area contributed by atoms with E-state index in [9.17, 15) is 0 Å². The van der Waals surface area contributed by atoms with Gasteiger partial charge in [-0.25, -0.2) is 0 Å². The van der Waals surface area contributed by atoms with Crippen LogP contribution in [0.15, 0.2) is 0 Å². The van der Waals surface area contributed by atoms with E-state index in [2.05, 4.69) is 78.6 Å². The number of hydrogen-bond donors (Lipinski definition) is 0. The van der Waals surface area contributed by atoms with Crippen molar-refractivity contribution in [3.63, 3.8) is 0 Å². The molecule has 0 spiro atoms. The van der Waals surface area contributed by atoms with Crippen LogP contribution in [0.4, 0.5) is 0 Å². The van der Waals surface area contributed by atoms with E-state index in [1.54, 1.807) is 0 Å². The summed E-state index contributed by atoms with van der Waals surface area (Å²) in [5, 5.41) is 0. The summed E-state index contributed by atoms with van der Waals surface area (Å²) < 4.78 is 44.6. The molecule has 1 fully saturated rings. The van der Waals surface area contributed by atoms with E-state index in [0.717, 1.165) is 24.9 Å². The van der Waals surface area contributed by atoms with Gasteiger partial charge in [-0.1, -0.05) is 25.7 Å². The normalized spacial score (nSPS) is 29.5. The van der Waals surface area contributed by atoms with Crippen molar-refractivity contribution in [1.29, 1.82) is 0 Å². The molecule has 3 unspecified atom stereocenters. The lowest BCUT2D eigenvalue weighted by molar-refractivity contribution is 0.273. The van der Waals surface area contributed by atoms with E-state index in [0.29, 0.717) is 0 Å². The Kier molecular flexibility index (Phi) is 13.6. The summed E-state index contributed by atoms with van der Waals surface area (Å²) in [4.78, 5) is 0. The molecule has 0 saturated carbocycles. The smallest absolute Gasteiger partial charge is 0.316 e. The Bertz CT molecular complexity index is 566. The summed E-state index contributed by atoms with van der Waals surface area (Å²) in [6, 6.07) is 2.07. The Morgan fingerprint density at radius 3 is 1.76 bits per heavy atom. The van der Waals surface area contributed by atoms with Crippen LogP contribution in [-0.4, -0.2) is 70.9 Å². The van der Waals surface area contributed by atoms with Crippen LogP contribution < -0.4 is 0 Å². The molecule has 15 heteroatoms. The molecule has 33 heavy (non-hydrogen) atoms. The molecule has 3 atom stereocenters. The van der Waals surface area contributed by atoms with Crippen molar-refractivity contribution in [2.75, 3.05) is 0 Å². The van der Waals surface area contributed by atoms with Crippen molar-refractivity contribution in [3.8, 4) is 0 Å². The molecule has 0 bridgehead atoms. The van der Waals surface area contributed by atoms with Crippen LogP contribution in [0.5, 0.6) is 0 Å². The van der Waals surface area contributed by atoms with Crippen LogP contribution in [0.3, 0.4) is 0 Å². The van der Waals surface area contributed by atoms with Crippen molar-refractivity contribution in [1.82, 2.24) is 0 Å². The van der Waals surface area contributed by atoms with E-state index in [1.165, 1.54) is 12.8 Å². The molecule has 0 amide bonds. The highest BCUT2D eigenvalue weighted by molar-refractivity contribution is 6.87. The monoisotopic (exact) mass is 604 g/mol. The standard InChI is InChI=1S/C18H52O7Si8/c1-26(2)21-33(12,25-31(9,10)24-30(6,7)8)18-16-14-13-15-17-32(11)22-28(4)19-27(3)20-29(5)23-32/h26-29H,13-18H2,1-12H3. The van der Waals surface area contributed by atoms with E-state index in [4.69, 9.17) is 28.8 Å². The van der Waals surface area contributed by atoms with Gasteiger partial charge in [-0.2, -0.15) is 0 Å². The second-order valence-corrected chi connectivity index (χ2v) is 36.0. The van der Waals surface area contributed by atoms with Crippen LogP contribution >= 0.6 is 0 Å². The average molecular weight is 605 g/mol. The van der Waals surface area contributed by atoms with Gasteiger partial charge in [0.05, 0.1) is 0 Å². The van der Waals surface area contributed by atoms with Crippen LogP contribution in [0.25, 0.3) is 0 Å². The molecule has 0 radical (unpaired) electrons. The van der Waals surface area contributed by atoms with E-state index >= 15 is 0 Å². The lowest BCUT2D eigenvalue weighted by Crippen LogP contribution is -2.55. The first-order valence-electron chi connectivity index (χ1n) is 12.7. The van der Waals surface area contributed by atoms with Gasteiger partial charge in [-0.05, 0) is 90.7 Å². The molecule has 7 nitrogen and oxygen atoms in total. The highest BCUT2D eigenvalue weighted by Crippen LogP contribution is 2.28. The Balaban J connectivity index is 2.53. The zero-order valence-electron chi connectivity index (χ0n) is 23.4. The first-order valence-corrected chi connectivity index (χ1v) is 33.0. The fourth-order valence-electron chi connectivity index (χ4n) is 4.63. The molecule has 1 aliphatic heterocycles. The maximum absolute atomic E-state index is 6.74. The first-order chi connectivity index (χ1) is 14.9. The maximum atomic E-state index is 6.74. The zero-order valence-corrected chi connectivity index (χ0v) is 32.0. The maximum Gasteiger partial charge on any atom is 0.316 e. The SMILES string of the molecule is C[SiH](C)O[Si](C)(CCCCCC[Si]1(C)O[SiH](C)O[SiH](C)O[SiH](C)O1)O[Si](C)(C)O[Si](C)(C)C. The summed E-state index contributed by atoms with van der Waals surface area (Å²) in [5.41, 5.74) is 0. The summed E-state index contributed by atoms with van der Waals surface area (Å²) in [7, 11) is -14.3. The van der Waals surface area contributed by atoms with Crippen molar-refractivity contribution in [3.05, 3.63) is 0 Å². The van der Waals surface area contributed by atoms with Gasteiger partial charge in [-0.15, -0.1) is 0 Å². The zero-order chi connectivity index (χ0) is 25.5. The summed E-state index contributed by atoms with van der Waals surface area (Å²) in [6.07, 6.45) is 4.65. The molecule has 0 N–H and O–H groups in total. The number of unbranched alkanes of at least 4 members (excludes halogenated alkanes) is 3. The van der Waals surface area contributed by atoms with Crippen LogP contribution in [0.2, 0.25) is 90.7 Å². The first kappa shape index (κ1) is 32.5. The Labute approximate surface area is 215 Å². The van der Waals surface area contributed by atoms with E-state index in [-0.39, 0.29) is 0 Å². The molecule has 0 aromatic heterocycles. The minimum Gasteiger partial charge on any atom is -0.439 e. The fourth-order valence-corrected chi connectivity index (χ4v) is 36.4. The van der Waals surface area contributed by atoms with Gasteiger partial charge in [0.1, 0.15) is 0 Å². The summed E-state index contributed by atoms with van der Waals surface area (Å²) >= 11 is 0. The predicted octanol–water partition coefficient (Wildman–Crippen LogP) is 4.89. The number of rotatable bonds is 13. The summed E-state index contributed by atoms with van der Waals surface area (Å²) in [5.74, 6) is 0. The second-order valence-electron chi connectivity index (χ2n) is 11.3. The molecule has 198 valence electrons. The molecular weight excluding hydrogens is 553 g/mol. The summed E-state index contributed by atoms with van der Waals surface area (Å²) in [6.45, 7) is 26.3. The second kappa shape index (κ2) is 13.8.